The summed E-state index contributed by atoms with van der Waals surface area (Å²) in [7, 11) is 2.01. The zero-order chi connectivity index (χ0) is 13.1. The van der Waals surface area contributed by atoms with Gasteiger partial charge in [0.1, 0.15) is 0 Å². The number of thiazole rings is 1. The third-order valence-electron chi connectivity index (χ3n) is 3.18. The second-order valence-corrected chi connectivity index (χ2v) is 5.74. The molecule has 1 aromatic heterocycles. The molecule has 1 N–H and O–H groups in total. The van der Waals surface area contributed by atoms with Crippen molar-refractivity contribution in [3.63, 3.8) is 0 Å². The van der Waals surface area contributed by atoms with Crippen LogP contribution in [-0.4, -0.2) is 12.0 Å². The molecule has 1 atom stereocenters. The van der Waals surface area contributed by atoms with Gasteiger partial charge in [-0.2, -0.15) is 0 Å². The van der Waals surface area contributed by atoms with Crippen LogP contribution in [0.4, 0.5) is 0 Å². The van der Waals surface area contributed by atoms with E-state index in [9.17, 15) is 0 Å². The molecule has 0 radical (unpaired) electrons. The third-order valence-corrected chi connectivity index (χ3v) is 4.32. The van der Waals surface area contributed by atoms with E-state index in [1.165, 1.54) is 16.0 Å². The lowest BCUT2D eigenvalue weighted by Crippen LogP contribution is -2.17. The van der Waals surface area contributed by atoms with Gasteiger partial charge in [0, 0.05) is 4.88 Å². The SMILES string of the molecule is CCc1cccc(C(NC)c2sc(C)nc2C)c1. The second kappa shape index (κ2) is 5.63. The Morgan fingerprint density at radius 1 is 1.33 bits per heavy atom. The van der Waals surface area contributed by atoms with Gasteiger partial charge in [0.15, 0.2) is 0 Å². The predicted octanol–water partition coefficient (Wildman–Crippen LogP) is 3.63. The topological polar surface area (TPSA) is 24.9 Å². The molecule has 0 saturated heterocycles. The van der Waals surface area contributed by atoms with Crippen LogP contribution >= 0.6 is 11.3 Å². The Hall–Kier alpha value is -1.19. The minimum Gasteiger partial charge on any atom is -0.309 e. The van der Waals surface area contributed by atoms with E-state index in [2.05, 4.69) is 55.3 Å². The zero-order valence-electron chi connectivity index (χ0n) is 11.4. The molecule has 0 fully saturated rings. The third kappa shape index (κ3) is 2.62. The quantitative estimate of drug-likeness (QED) is 0.908. The highest BCUT2D eigenvalue weighted by Crippen LogP contribution is 2.30. The average Bonchev–Trinajstić information content (AvgIpc) is 2.70. The molecule has 2 aromatic rings. The first-order valence-electron chi connectivity index (χ1n) is 6.35. The Bertz CT molecular complexity index is 531. The highest BCUT2D eigenvalue weighted by Gasteiger charge is 2.17. The first-order chi connectivity index (χ1) is 8.65. The van der Waals surface area contributed by atoms with Gasteiger partial charge >= 0.3 is 0 Å². The van der Waals surface area contributed by atoms with Crippen molar-refractivity contribution in [2.75, 3.05) is 7.05 Å². The average molecular weight is 260 g/mol. The molecule has 0 saturated carbocycles. The van der Waals surface area contributed by atoms with Crippen molar-refractivity contribution in [2.45, 2.75) is 33.2 Å². The maximum Gasteiger partial charge on any atom is 0.0900 e. The lowest BCUT2D eigenvalue weighted by atomic mass is 10.0. The maximum atomic E-state index is 4.53. The molecule has 1 unspecified atom stereocenters. The first-order valence-corrected chi connectivity index (χ1v) is 7.17. The monoisotopic (exact) mass is 260 g/mol. The van der Waals surface area contributed by atoms with E-state index in [4.69, 9.17) is 0 Å². The Balaban J connectivity index is 2.41. The lowest BCUT2D eigenvalue weighted by molar-refractivity contribution is 0.696. The molecule has 1 aromatic carbocycles. The van der Waals surface area contributed by atoms with Crippen LogP contribution in [0, 0.1) is 13.8 Å². The number of rotatable bonds is 4. The van der Waals surface area contributed by atoms with Crippen molar-refractivity contribution >= 4 is 11.3 Å². The summed E-state index contributed by atoms with van der Waals surface area (Å²) in [4.78, 5) is 5.85. The molecule has 0 amide bonds. The van der Waals surface area contributed by atoms with Gasteiger partial charge in [-0.3, -0.25) is 0 Å². The lowest BCUT2D eigenvalue weighted by Gasteiger charge is -2.16. The number of nitrogens with one attached hydrogen (secondary N) is 1. The summed E-state index contributed by atoms with van der Waals surface area (Å²) >= 11 is 1.78. The fourth-order valence-corrected chi connectivity index (χ4v) is 3.32. The van der Waals surface area contributed by atoms with Crippen LogP contribution in [-0.2, 0) is 6.42 Å². The molecular formula is C15H20N2S. The fourth-order valence-electron chi connectivity index (χ4n) is 2.26. The van der Waals surface area contributed by atoms with Crippen LogP contribution in [0.1, 0.15) is 39.7 Å². The van der Waals surface area contributed by atoms with Crippen LogP contribution in [0.15, 0.2) is 24.3 Å². The summed E-state index contributed by atoms with van der Waals surface area (Å²) in [5.74, 6) is 0. The minimum atomic E-state index is 0.252. The Morgan fingerprint density at radius 2 is 2.11 bits per heavy atom. The number of hydrogen-bond donors (Lipinski definition) is 1. The molecule has 3 heteroatoms. The largest absolute Gasteiger partial charge is 0.309 e. The van der Waals surface area contributed by atoms with Gasteiger partial charge in [0.25, 0.3) is 0 Å². The molecule has 0 aliphatic carbocycles. The number of hydrogen-bond acceptors (Lipinski definition) is 3. The Kier molecular flexibility index (Phi) is 4.15. The standard InChI is InChI=1S/C15H20N2S/c1-5-12-7-6-8-13(9-12)14(16-4)15-10(2)17-11(3)18-15/h6-9,14,16H,5H2,1-4H3. The summed E-state index contributed by atoms with van der Waals surface area (Å²) in [5.41, 5.74) is 3.84. The zero-order valence-corrected chi connectivity index (χ0v) is 12.3. The van der Waals surface area contributed by atoms with E-state index in [1.807, 2.05) is 7.05 Å². The van der Waals surface area contributed by atoms with Gasteiger partial charge in [-0.15, -0.1) is 11.3 Å². The van der Waals surface area contributed by atoms with Gasteiger partial charge in [0.05, 0.1) is 16.7 Å². The van der Waals surface area contributed by atoms with E-state index in [-0.39, 0.29) is 6.04 Å². The number of aromatic nitrogens is 1. The van der Waals surface area contributed by atoms with E-state index >= 15 is 0 Å². The smallest absolute Gasteiger partial charge is 0.0900 e. The summed E-state index contributed by atoms with van der Waals surface area (Å²) in [6, 6.07) is 9.05. The van der Waals surface area contributed by atoms with Gasteiger partial charge in [-0.25, -0.2) is 4.98 Å². The van der Waals surface area contributed by atoms with E-state index in [1.54, 1.807) is 11.3 Å². The van der Waals surface area contributed by atoms with Gasteiger partial charge < -0.3 is 5.32 Å². The molecule has 2 nitrogen and oxygen atoms in total. The molecule has 0 aliphatic heterocycles. The van der Waals surface area contributed by atoms with Crippen LogP contribution in [0.5, 0.6) is 0 Å². The molecular weight excluding hydrogens is 240 g/mol. The van der Waals surface area contributed by atoms with E-state index < -0.39 is 0 Å². The predicted molar refractivity (Wildman–Crippen MR) is 78.3 cm³/mol. The summed E-state index contributed by atoms with van der Waals surface area (Å²) in [6.45, 7) is 6.35. The highest BCUT2D eigenvalue weighted by atomic mass is 32.1. The van der Waals surface area contributed by atoms with Crippen LogP contribution in [0.3, 0.4) is 0 Å². The number of benzene rings is 1. The van der Waals surface area contributed by atoms with Crippen molar-refractivity contribution in [1.82, 2.24) is 10.3 Å². The molecule has 1 heterocycles. The summed E-state index contributed by atoms with van der Waals surface area (Å²) in [6.07, 6.45) is 1.07. The minimum absolute atomic E-state index is 0.252. The number of aryl methyl sites for hydroxylation is 3. The van der Waals surface area contributed by atoms with Gasteiger partial charge in [0.2, 0.25) is 0 Å². The van der Waals surface area contributed by atoms with Crippen molar-refractivity contribution in [3.05, 3.63) is 51.0 Å². The fraction of sp³-hybridized carbons (Fsp3) is 0.400. The van der Waals surface area contributed by atoms with Crippen LogP contribution in [0.2, 0.25) is 0 Å². The first kappa shape index (κ1) is 13.2. The van der Waals surface area contributed by atoms with Crippen molar-refractivity contribution < 1.29 is 0 Å². The molecule has 18 heavy (non-hydrogen) atoms. The number of nitrogens with zero attached hydrogens (tertiary/aromatic N) is 1. The van der Waals surface area contributed by atoms with Crippen LogP contribution in [0.25, 0.3) is 0 Å². The maximum absolute atomic E-state index is 4.53. The second-order valence-electron chi connectivity index (χ2n) is 4.50. The van der Waals surface area contributed by atoms with Gasteiger partial charge in [-0.1, -0.05) is 31.2 Å². The van der Waals surface area contributed by atoms with E-state index in [0.717, 1.165) is 17.1 Å². The molecule has 0 bridgehead atoms. The van der Waals surface area contributed by atoms with Crippen molar-refractivity contribution in [3.8, 4) is 0 Å². The summed E-state index contributed by atoms with van der Waals surface area (Å²) in [5, 5.41) is 4.54. The molecule has 96 valence electrons. The molecule has 2 rings (SSSR count). The van der Waals surface area contributed by atoms with Gasteiger partial charge in [-0.05, 0) is 38.4 Å². The summed E-state index contributed by atoms with van der Waals surface area (Å²) < 4.78 is 0. The van der Waals surface area contributed by atoms with Crippen molar-refractivity contribution in [2.24, 2.45) is 0 Å². The molecule has 0 aliphatic rings. The normalized spacial score (nSPS) is 12.7. The van der Waals surface area contributed by atoms with Crippen molar-refractivity contribution in [1.29, 1.82) is 0 Å². The highest BCUT2D eigenvalue weighted by molar-refractivity contribution is 7.11. The van der Waals surface area contributed by atoms with E-state index in [0.29, 0.717) is 0 Å². The van der Waals surface area contributed by atoms with Crippen LogP contribution < -0.4 is 5.32 Å². The Labute approximate surface area is 113 Å². The molecule has 0 spiro atoms. The Morgan fingerprint density at radius 3 is 2.67 bits per heavy atom.